The lowest BCUT2D eigenvalue weighted by atomic mass is 10.1. The molecule has 148 valence electrons. The zero-order valence-corrected chi connectivity index (χ0v) is 16.5. The Labute approximate surface area is 170 Å². The molecule has 2 aromatic heterocycles. The molecule has 0 aliphatic carbocycles. The lowest BCUT2D eigenvalue weighted by Crippen LogP contribution is -2.39. The summed E-state index contributed by atoms with van der Waals surface area (Å²) < 4.78 is 5.45. The van der Waals surface area contributed by atoms with Crippen molar-refractivity contribution in [1.29, 1.82) is 0 Å². The van der Waals surface area contributed by atoms with Gasteiger partial charge in [-0.1, -0.05) is 48.5 Å². The molecule has 0 spiro atoms. The molecule has 2 heterocycles. The Morgan fingerprint density at radius 3 is 2.59 bits per heavy atom. The fourth-order valence-electron chi connectivity index (χ4n) is 3.66. The van der Waals surface area contributed by atoms with Crippen LogP contribution in [0.15, 0.2) is 77.4 Å². The molecule has 0 saturated carbocycles. The van der Waals surface area contributed by atoms with Gasteiger partial charge in [0.15, 0.2) is 0 Å². The molecule has 0 aliphatic rings. The van der Waals surface area contributed by atoms with Crippen molar-refractivity contribution in [3.63, 3.8) is 0 Å². The maximum absolute atomic E-state index is 12.9. The number of hydrogen-bond donors (Lipinski definition) is 2. The van der Waals surface area contributed by atoms with E-state index >= 15 is 0 Å². The molecule has 0 aliphatic heterocycles. The number of aromatic nitrogens is 1. The van der Waals surface area contributed by atoms with Crippen LogP contribution >= 0.6 is 0 Å². The molecule has 0 fully saturated rings. The van der Waals surface area contributed by atoms with Crippen LogP contribution in [-0.2, 0) is 19.5 Å². The fraction of sp³-hybridized carbons (Fsp3) is 0.208. The third-order valence-electron chi connectivity index (χ3n) is 5.11. The van der Waals surface area contributed by atoms with Gasteiger partial charge >= 0.3 is 6.03 Å². The van der Waals surface area contributed by atoms with E-state index in [1.165, 1.54) is 10.9 Å². The van der Waals surface area contributed by atoms with Crippen LogP contribution in [0.3, 0.4) is 0 Å². The molecule has 0 atom stereocenters. The van der Waals surface area contributed by atoms with Crippen molar-refractivity contribution < 1.29 is 9.21 Å². The van der Waals surface area contributed by atoms with Crippen molar-refractivity contribution in [3.8, 4) is 0 Å². The Morgan fingerprint density at radius 1 is 1.00 bits per heavy atom. The number of furan rings is 1. The minimum Gasteiger partial charge on any atom is -0.467 e. The van der Waals surface area contributed by atoms with Gasteiger partial charge in [0.1, 0.15) is 5.76 Å². The summed E-state index contributed by atoms with van der Waals surface area (Å²) in [6, 6.07) is 21.9. The fourth-order valence-corrected chi connectivity index (χ4v) is 3.66. The molecule has 0 unspecified atom stereocenters. The Balaban J connectivity index is 1.42. The van der Waals surface area contributed by atoms with Gasteiger partial charge < -0.3 is 19.6 Å². The second-order valence-electron chi connectivity index (χ2n) is 7.18. The zero-order valence-electron chi connectivity index (χ0n) is 16.5. The number of aryl methyl sites for hydroxylation is 1. The number of aromatic amines is 1. The van der Waals surface area contributed by atoms with Crippen LogP contribution in [0.4, 0.5) is 4.79 Å². The number of rotatable bonds is 7. The van der Waals surface area contributed by atoms with Crippen LogP contribution < -0.4 is 5.32 Å². The summed E-state index contributed by atoms with van der Waals surface area (Å²) in [7, 11) is 0. The number of hydrogen-bond acceptors (Lipinski definition) is 2. The van der Waals surface area contributed by atoms with Crippen LogP contribution in [-0.4, -0.2) is 22.5 Å². The van der Waals surface area contributed by atoms with Crippen LogP contribution in [0.5, 0.6) is 0 Å². The largest absolute Gasteiger partial charge is 0.467 e. The summed E-state index contributed by atoms with van der Waals surface area (Å²) in [5, 5.41) is 4.30. The van der Waals surface area contributed by atoms with Crippen LogP contribution in [0.2, 0.25) is 0 Å². The summed E-state index contributed by atoms with van der Waals surface area (Å²) in [6.45, 7) is 3.61. The molecule has 29 heavy (non-hydrogen) atoms. The minimum atomic E-state index is -0.0947. The van der Waals surface area contributed by atoms with Crippen molar-refractivity contribution in [1.82, 2.24) is 15.2 Å². The number of para-hydroxylation sites is 1. The average Bonchev–Trinajstić information content (AvgIpc) is 3.36. The topological polar surface area (TPSA) is 61.3 Å². The highest BCUT2D eigenvalue weighted by Gasteiger charge is 2.16. The van der Waals surface area contributed by atoms with E-state index < -0.39 is 0 Å². The number of amides is 2. The number of carbonyl (C=O) groups is 1. The molecule has 2 amide bonds. The standard InChI is InChI=1S/C24H25N3O2/c1-18-21(22-11-5-6-12-23(22)26-18)13-14-25-24(28)27(17-20-10-7-15-29-20)16-19-8-3-2-4-9-19/h2-12,15,26H,13-14,16-17H2,1H3,(H,25,28). The average molecular weight is 387 g/mol. The van der Waals surface area contributed by atoms with Crippen molar-refractivity contribution >= 4 is 16.9 Å². The summed E-state index contributed by atoms with van der Waals surface area (Å²) in [5.41, 5.74) is 4.62. The van der Waals surface area contributed by atoms with E-state index in [1.54, 1.807) is 11.2 Å². The minimum absolute atomic E-state index is 0.0947. The molecule has 5 nitrogen and oxygen atoms in total. The first-order valence-corrected chi connectivity index (χ1v) is 9.86. The van der Waals surface area contributed by atoms with Gasteiger partial charge in [0, 0.05) is 29.7 Å². The van der Waals surface area contributed by atoms with Gasteiger partial charge in [-0.3, -0.25) is 0 Å². The molecular formula is C24H25N3O2. The third kappa shape index (κ3) is 4.51. The monoisotopic (exact) mass is 387 g/mol. The van der Waals surface area contributed by atoms with Crippen molar-refractivity contribution in [2.45, 2.75) is 26.4 Å². The van der Waals surface area contributed by atoms with Crippen LogP contribution in [0.25, 0.3) is 10.9 Å². The first-order valence-electron chi connectivity index (χ1n) is 9.86. The normalized spacial score (nSPS) is 10.9. The molecule has 0 saturated heterocycles. The summed E-state index contributed by atoms with van der Waals surface area (Å²) in [6.07, 6.45) is 2.41. The molecule has 4 rings (SSSR count). The number of H-pyrrole nitrogens is 1. The number of benzene rings is 2. The quantitative estimate of drug-likeness (QED) is 0.467. The Morgan fingerprint density at radius 2 is 1.79 bits per heavy atom. The smallest absolute Gasteiger partial charge is 0.318 e. The molecule has 5 heteroatoms. The summed E-state index contributed by atoms with van der Waals surface area (Å²) in [5.74, 6) is 0.767. The molecule has 4 aromatic rings. The summed E-state index contributed by atoms with van der Waals surface area (Å²) >= 11 is 0. The molecule has 2 N–H and O–H groups in total. The number of nitrogens with one attached hydrogen (secondary N) is 2. The van der Waals surface area contributed by atoms with E-state index in [-0.39, 0.29) is 6.03 Å². The van der Waals surface area contributed by atoms with Crippen molar-refractivity contribution in [2.75, 3.05) is 6.54 Å². The molecular weight excluding hydrogens is 362 g/mol. The number of carbonyl (C=O) groups excluding carboxylic acids is 1. The lowest BCUT2D eigenvalue weighted by molar-refractivity contribution is 0.187. The maximum Gasteiger partial charge on any atom is 0.318 e. The van der Waals surface area contributed by atoms with E-state index in [9.17, 15) is 4.79 Å². The van der Waals surface area contributed by atoms with Gasteiger partial charge in [0.2, 0.25) is 0 Å². The predicted molar refractivity (Wildman–Crippen MR) is 115 cm³/mol. The highest BCUT2D eigenvalue weighted by molar-refractivity contribution is 5.84. The maximum atomic E-state index is 12.9. The molecule has 0 radical (unpaired) electrons. The van der Waals surface area contributed by atoms with Gasteiger partial charge in [-0.15, -0.1) is 0 Å². The van der Waals surface area contributed by atoms with Gasteiger partial charge in [0.05, 0.1) is 12.8 Å². The van der Waals surface area contributed by atoms with Gasteiger partial charge in [0.25, 0.3) is 0 Å². The van der Waals surface area contributed by atoms with Gasteiger partial charge in [-0.25, -0.2) is 4.79 Å². The molecule has 2 aromatic carbocycles. The zero-order chi connectivity index (χ0) is 20.1. The molecule has 0 bridgehead atoms. The first-order chi connectivity index (χ1) is 14.2. The van der Waals surface area contributed by atoms with Crippen molar-refractivity contribution in [2.24, 2.45) is 0 Å². The van der Waals surface area contributed by atoms with Crippen LogP contribution in [0, 0.1) is 6.92 Å². The Hall–Kier alpha value is -3.47. The van der Waals surface area contributed by atoms with E-state index in [4.69, 9.17) is 4.42 Å². The second-order valence-corrected chi connectivity index (χ2v) is 7.18. The third-order valence-corrected chi connectivity index (χ3v) is 5.11. The first kappa shape index (κ1) is 18.9. The van der Waals surface area contributed by atoms with Crippen LogP contribution in [0.1, 0.15) is 22.6 Å². The van der Waals surface area contributed by atoms with Gasteiger partial charge in [-0.2, -0.15) is 0 Å². The van der Waals surface area contributed by atoms with E-state index in [1.807, 2.05) is 54.6 Å². The Bertz CT molecular complexity index is 1070. The van der Waals surface area contributed by atoms with E-state index in [2.05, 4.69) is 29.4 Å². The van der Waals surface area contributed by atoms with E-state index in [0.29, 0.717) is 19.6 Å². The predicted octanol–water partition coefficient (Wildman–Crippen LogP) is 5.02. The highest BCUT2D eigenvalue weighted by atomic mass is 16.3. The SMILES string of the molecule is Cc1[nH]c2ccccc2c1CCNC(=O)N(Cc1ccccc1)Cc1ccco1. The Kier molecular flexibility index (Phi) is 5.66. The highest BCUT2D eigenvalue weighted by Crippen LogP contribution is 2.22. The number of fused-ring (bicyclic) bond motifs is 1. The lowest BCUT2D eigenvalue weighted by Gasteiger charge is -2.22. The van der Waals surface area contributed by atoms with E-state index in [0.717, 1.165) is 29.0 Å². The van der Waals surface area contributed by atoms with Crippen molar-refractivity contribution in [3.05, 3.63) is 95.6 Å². The number of nitrogens with zero attached hydrogens (tertiary/aromatic N) is 1. The number of urea groups is 1. The van der Waals surface area contributed by atoms with Gasteiger partial charge in [-0.05, 0) is 42.7 Å². The summed E-state index contributed by atoms with van der Waals surface area (Å²) in [4.78, 5) is 18.1. The second kappa shape index (κ2) is 8.69.